The maximum atomic E-state index is 12.1. The number of aliphatic hydroxyl groups excluding tert-OH is 1. The Morgan fingerprint density at radius 2 is 2.00 bits per heavy atom. The summed E-state index contributed by atoms with van der Waals surface area (Å²) in [7, 11) is 0. The minimum atomic E-state index is -0.987. The molecule has 7 heteroatoms. The number of nitrogens with zero attached hydrogens (tertiary/aromatic N) is 1. The molecule has 0 aliphatic heterocycles. The van der Waals surface area contributed by atoms with Crippen LogP contribution in [0.3, 0.4) is 0 Å². The second-order valence-corrected chi connectivity index (χ2v) is 5.67. The number of carbonyl (C=O) groups excluding carboxylic acids is 1. The molecule has 24 heavy (non-hydrogen) atoms. The maximum Gasteiger partial charge on any atom is 0.412 e. The van der Waals surface area contributed by atoms with Crippen LogP contribution < -0.4 is 5.32 Å². The van der Waals surface area contributed by atoms with Crippen LogP contribution in [0.4, 0.5) is 0 Å². The van der Waals surface area contributed by atoms with E-state index in [-0.39, 0.29) is 18.3 Å². The number of carbonyl (C=O) groups is 1. The van der Waals surface area contributed by atoms with Gasteiger partial charge in [-0.25, -0.2) is 4.79 Å². The summed E-state index contributed by atoms with van der Waals surface area (Å²) < 4.78 is 4.84. The smallest absolute Gasteiger partial charge is 0.412 e. The maximum absolute atomic E-state index is 12.1. The van der Waals surface area contributed by atoms with E-state index >= 15 is 0 Å². The van der Waals surface area contributed by atoms with Crippen LogP contribution in [0, 0.1) is 10.1 Å². The summed E-state index contributed by atoms with van der Waals surface area (Å²) in [6.07, 6.45) is 2.55. The Balaban J connectivity index is 2.46. The number of benzene rings is 1. The van der Waals surface area contributed by atoms with Crippen molar-refractivity contribution in [2.75, 3.05) is 6.61 Å². The Morgan fingerprint density at radius 1 is 1.33 bits per heavy atom. The zero-order valence-electron chi connectivity index (χ0n) is 13.6. The van der Waals surface area contributed by atoms with Gasteiger partial charge < -0.3 is 15.2 Å². The van der Waals surface area contributed by atoms with Crippen molar-refractivity contribution in [1.82, 2.24) is 5.32 Å². The quantitative estimate of drug-likeness (QED) is 0.357. The molecule has 0 heterocycles. The molecule has 0 bridgehead atoms. The number of nitrogens with one attached hydrogen (secondary N) is 1. The van der Waals surface area contributed by atoms with Crippen molar-refractivity contribution in [1.29, 1.82) is 0 Å². The highest BCUT2D eigenvalue weighted by Crippen LogP contribution is 2.24. The van der Waals surface area contributed by atoms with Gasteiger partial charge in [0.15, 0.2) is 0 Å². The Morgan fingerprint density at radius 3 is 2.58 bits per heavy atom. The first-order chi connectivity index (χ1) is 11.5. The van der Waals surface area contributed by atoms with Gasteiger partial charge in [-0.2, -0.15) is 0 Å². The molecule has 0 aromatic heterocycles. The van der Waals surface area contributed by atoms with Gasteiger partial charge in [0.05, 0.1) is 23.7 Å². The van der Waals surface area contributed by atoms with Crippen LogP contribution in [-0.4, -0.2) is 34.8 Å². The molecule has 2 rings (SSSR count). The second-order valence-electron chi connectivity index (χ2n) is 5.67. The fourth-order valence-corrected chi connectivity index (χ4v) is 2.83. The van der Waals surface area contributed by atoms with Crippen LogP contribution >= 0.6 is 0 Å². The average molecular weight is 334 g/mol. The topological polar surface area (TPSA) is 102 Å². The molecule has 0 radical (unpaired) electrons. The third kappa shape index (κ3) is 4.32. The lowest BCUT2D eigenvalue weighted by Gasteiger charge is -2.30. The minimum Gasteiger partial charge on any atom is -0.458 e. The van der Waals surface area contributed by atoms with Crippen molar-refractivity contribution in [3.05, 3.63) is 51.7 Å². The molecule has 1 aliphatic carbocycles. The van der Waals surface area contributed by atoms with Crippen LogP contribution in [0.25, 0.3) is 5.70 Å². The summed E-state index contributed by atoms with van der Waals surface area (Å²) in [6.45, 7) is 1.64. The van der Waals surface area contributed by atoms with Crippen molar-refractivity contribution >= 4 is 11.7 Å². The molecule has 2 N–H and O–H groups in total. The zero-order valence-corrected chi connectivity index (χ0v) is 13.6. The Hall–Kier alpha value is -2.41. The molecule has 130 valence electrons. The highest BCUT2D eigenvalue weighted by atomic mass is 16.6. The van der Waals surface area contributed by atoms with Crippen molar-refractivity contribution < 1.29 is 19.6 Å². The standard InChI is InChI=1S/C17H22N2O5/c1-2-24-17(21)16(19(22)23)15(12-8-4-3-5-9-12)18-13-10-6-7-11-14(13)20/h3-5,8-9,13-14,18,20H,2,6-7,10-11H2,1H3/b16-15-/t13-,14-/m0/s1. The summed E-state index contributed by atoms with van der Waals surface area (Å²) in [6, 6.07) is 8.28. The molecule has 1 fully saturated rings. The summed E-state index contributed by atoms with van der Waals surface area (Å²) in [5.41, 5.74) is -0.0409. The Bertz CT molecular complexity index is 615. The number of hydrogen-bond acceptors (Lipinski definition) is 6. The molecule has 0 spiro atoms. The van der Waals surface area contributed by atoms with Crippen LogP contribution in [0.15, 0.2) is 36.0 Å². The second kappa shape index (κ2) is 8.44. The SMILES string of the molecule is CCOC(=O)/C(=C(/N[C@H]1CCCC[C@@H]1O)c1ccccc1)[N+](=O)[O-]. The normalized spacial score (nSPS) is 21.6. The minimum absolute atomic E-state index is 0.0459. The molecular weight excluding hydrogens is 312 g/mol. The summed E-state index contributed by atoms with van der Waals surface area (Å²) in [4.78, 5) is 22.9. The van der Waals surface area contributed by atoms with E-state index in [0.717, 1.165) is 12.8 Å². The zero-order chi connectivity index (χ0) is 17.5. The summed E-state index contributed by atoms with van der Waals surface area (Å²) in [5.74, 6) is -0.987. The number of aliphatic hydroxyl groups is 1. The number of esters is 1. The van der Waals surface area contributed by atoms with Gasteiger partial charge in [-0.1, -0.05) is 43.2 Å². The third-order valence-electron chi connectivity index (χ3n) is 4.01. The van der Waals surface area contributed by atoms with Crippen LogP contribution in [0.2, 0.25) is 0 Å². The van der Waals surface area contributed by atoms with E-state index < -0.39 is 22.7 Å². The van der Waals surface area contributed by atoms with Gasteiger partial charge in [0.2, 0.25) is 0 Å². The molecule has 1 aromatic carbocycles. The highest BCUT2D eigenvalue weighted by Gasteiger charge is 2.33. The van der Waals surface area contributed by atoms with Gasteiger partial charge in [0, 0.05) is 5.56 Å². The molecule has 2 atom stereocenters. The fraction of sp³-hybridized carbons (Fsp3) is 0.471. The highest BCUT2D eigenvalue weighted by molar-refractivity contribution is 5.94. The summed E-state index contributed by atoms with van der Waals surface area (Å²) in [5, 5.41) is 24.7. The predicted molar refractivity (Wildman–Crippen MR) is 88.4 cm³/mol. The first-order valence-corrected chi connectivity index (χ1v) is 8.10. The lowest BCUT2D eigenvalue weighted by Crippen LogP contribution is -2.42. The molecule has 0 unspecified atom stereocenters. The molecule has 1 aliphatic rings. The van der Waals surface area contributed by atoms with E-state index in [9.17, 15) is 20.0 Å². The van der Waals surface area contributed by atoms with Crippen molar-refractivity contribution in [3.63, 3.8) is 0 Å². The van der Waals surface area contributed by atoms with Gasteiger partial charge >= 0.3 is 11.7 Å². The van der Waals surface area contributed by atoms with Crippen LogP contribution in [0.5, 0.6) is 0 Å². The largest absolute Gasteiger partial charge is 0.458 e. The molecule has 0 saturated heterocycles. The number of hydrogen-bond donors (Lipinski definition) is 2. The Kier molecular flexibility index (Phi) is 6.31. The lowest BCUT2D eigenvalue weighted by molar-refractivity contribution is -0.420. The van der Waals surface area contributed by atoms with Crippen molar-refractivity contribution in [2.24, 2.45) is 0 Å². The summed E-state index contributed by atoms with van der Waals surface area (Å²) >= 11 is 0. The number of nitro groups is 1. The fourth-order valence-electron chi connectivity index (χ4n) is 2.83. The van der Waals surface area contributed by atoms with E-state index in [1.165, 1.54) is 0 Å². The van der Waals surface area contributed by atoms with E-state index in [4.69, 9.17) is 4.74 Å². The van der Waals surface area contributed by atoms with Gasteiger partial charge in [0.1, 0.15) is 5.70 Å². The molecule has 1 saturated carbocycles. The van der Waals surface area contributed by atoms with E-state index in [1.807, 2.05) is 0 Å². The first-order valence-electron chi connectivity index (χ1n) is 8.10. The van der Waals surface area contributed by atoms with Crippen molar-refractivity contribution in [2.45, 2.75) is 44.8 Å². The van der Waals surface area contributed by atoms with Crippen LogP contribution in [0.1, 0.15) is 38.2 Å². The first kappa shape index (κ1) is 17.9. The van der Waals surface area contributed by atoms with Gasteiger partial charge in [-0.15, -0.1) is 0 Å². The van der Waals surface area contributed by atoms with E-state index in [2.05, 4.69) is 5.32 Å². The van der Waals surface area contributed by atoms with Crippen LogP contribution in [-0.2, 0) is 9.53 Å². The Labute approximate surface area is 140 Å². The lowest BCUT2D eigenvalue weighted by atomic mass is 9.92. The average Bonchev–Trinajstić information content (AvgIpc) is 2.57. The predicted octanol–water partition coefficient (Wildman–Crippen LogP) is 2.09. The third-order valence-corrected chi connectivity index (χ3v) is 4.01. The van der Waals surface area contributed by atoms with Gasteiger partial charge in [0.25, 0.3) is 0 Å². The van der Waals surface area contributed by atoms with Gasteiger partial charge in [-0.05, 0) is 19.8 Å². The van der Waals surface area contributed by atoms with Crippen molar-refractivity contribution in [3.8, 4) is 0 Å². The molecule has 0 amide bonds. The van der Waals surface area contributed by atoms with Gasteiger partial charge in [-0.3, -0.25) is 10.1 Å². The number of ether oxygens (including phenoxy) is 1. The molecular formula is C17H22N2O5. The monoisotopic (exact) mass is 334 g/mol. The van der Waals surface area contributed by atoms with E-state index in [0.29, 0.717) is 18.4 Å². The molecule has 1 aromatic rings. The number of rotatable bonds is 6. The molecule has 7 nitrogen and oxygen atoms in total. The van der Waals surface area contributed by atoms with E-state index in [1.54, 1.807) is 37.3 Å².